The number of thiophene rings is 1. The average molecular weight is 544 g/mol. The molecule has 166 valence electrons. The second kappa shape index (κ2) is 11.9. The molecule has 1 fully saturated rings. The van der Waals surface area contributed by atoms with Gasteiger partial charge in [-0.15, -0.1) is 35.3 Å². The zero-order chi connectivity index (χ0) is 20.7. The van der Waals surface area contributed by atoms with E-state index in [1.165, 1.54) is 21.6 Å². The summed E-state index contributed by atoms with van der Waals surface area (Å²) < 4.78 is 11.4. The molecule has 1 aliphatic heterocycles. The number of guanidine groups is 1. The van der Waals surface area contributed by atoms with E-state index in [0.717, 1.165) is 50.9 Å². The maximum absolute atomic E-state index is 5.73. The maximum atomic E-state index is 5.73. The molecular formula is C23H34IN3O2S. The van der Waals surface area contributed by atoms with Crippen molar-refractivity contribution in [1.82, 2.24) is 10.6 Å². The number of hydrogen-bond acceptors (Lipinski definition) is 4. The van der Waals surface area contributed by atoms with Crippen molar-refractivity contribution in [1.29, 1.82) is 0 Å². The molecule has 1 aromatic carbocycles. The van der Waals surface area contributed by atoms with Crippen LogP contribution in [0.3, 0.4) is 0 Å². The Kier molecular flexibility index (Phi) is 9.90. The Hall–Kier alpha value is -1.32. The minimum Gasteiger partial charge on any atom is -0.496 e. The van der Waals surface area contributed by atoms with Crippen LogP contribution >= 0.6 is 35.3 Å². The summed E-state index contributed by atoms with van der Waals surface area (Å²) >= 11 is 1.76. The van der Waals surface area contributed by atoms with Gasteiger partial charge in [-0.2, -0.15) is 0 Å². The number of methoxy groups -OCH3 is 1. The number of aryl methyl sites for hydroxylation is 2. The molecule has 0 bridgehead atoms. The molecule has 3 rings (SSSR count). The van der Waals surface area contributed by atoms with Gasteiger partial charge in [0.2, 0.25) is 0 Å². The van der Waals surface area contributed by atoms with Crippen molar-refractivity contribution in [3.63, 3.8) is 0 Å². The number of halogens is 1. The van der Waals surface area contributed by atoms with E-state index in [1.54, 1.807) is 18.4 Å². The van der Waals surface area contributed by atoms with Crippen LogP contribution in [0.15, 0.2) is 34.6 Å². The molecule has 0 atom stereocenters. The van der Waals surface area contributed by atoms with Gasteiger partial charge in [-0.25, -0.2) is 4.99 Å². The highest BCUT2D eigenvalue weighted by molar-refractivity contribution is 14.0. The second-order valence-electron chi connectivity index (χ2n) is 7.67. The minimum atomic E-state index is -0.0371. The van der Waals surface area contributed by atoms with E-state index in [-0.39, 0.29) is 29.4 Å². The van der Waals surface area contributed by atoms with Gasteiger partial charge in [0.15, 0.2) is 5.96 Å². The Morgan fingerprint density at radius 1 is 1.20 bits per heavy atom. The Labute approximate surface area is 201 Å². The summed E-state index contributed by atoms with van der Waals surface area (Å²) in [5, 5.41) is 9.14. The van der Waals surface area contributed by atoms with Gasteiger partial charge in [0, 0.05) is 42.2 Å². The molecule has 1 aliphatic rings. The van der Waals surface area contributed by atoms with E-state index in [1.807, 2.05) is 0 Å². The molecule has 0 radical (unpaired) electrons. The molecule has 0 amide bonds. The summed E-state index contributed by atoms with van der Waals surface area (Å²) in [6.45, 7) is 10.2. The van der Waals surface area contributed by atoms with E-state index < -0.39 is 0 Å². The van der Waals surface area contributed by atoms with Gasteiger partial charge < -0.3 is 20.1 Å². The molecule has 0 unspecified atom stereocenters. The summed E-state index contributed by atoms with van der Waals surface area (Å²) in [6.07, 6.45) is 1.92. The lowest BCUT2D eigenvalue weighted by Crippen LogP contribution is -2.48. The van der Waals surface area contributed by atoms with Gasteiger partial charge in [0.1, 0.15) is 5.75 Å². The zero-order valence-electron chi connectivity index (χ0n) is 18.4. The van der Waals surface area contributed by atoms with Crippen molar-refractivity contribution >= 4 is 41.3 Å². The van der Waals surface area contributed by atoms with Crippen molar-refractivity contribution in [2.24, 2.45) is 4.99 Å². The van der Waals surface area contributed by atoms with Crippen molar-refractivity contribution in [2.75, 3.05) is 33.4 Å². The highest BCUT2D eigenvalue weighted by Crippen LogP contribution is 2.40. The summed E-state index contributed by atoms with van der Waals surface area (Å²) in [6, 6.07) is 8.61. The Balaban J connectivity index is 0.00000320. The molecule has 1 saturated heterocycles. The van der Waals surface area contributed by atoms with E-state index in [4.69, 9.17) is 14.5 Å². The highest BCUT2D eigenvalue weighted by Gasteiger charge is 2.37. The van der Waals surface area contributed by atoms with Crippen LogP contribution in [0.1, 0.15) is 41.3 Å². The Morgan fingerprint density at radius 3 is 2.60 bits per heavy atom. The first-order chi connectivity index (χ1) is 14.1. The quantitative estimate of drug-likeness (QED) is 0.300. The van der Waals surface area contributed by atoms with Crippen LogP contribution in [-0.4, -0.2) is 39.4 Å². The van der Waals surface area contributed by atoms with E-state index in [9.17, 15) is 0 Å². The molecule has 5 nitrogen and oxygen atoms in total. The van der Waals surface area contributed by atoms with Gasteiger partial charge in [-0.05, 0) is 56.7 Å². The van der Waals surface area contributed by atoms with Gasteiger partial charge in [-0.1, -0.05) is 17.7 Å². The monoisotopic (exact) mass is 543 g/mol. The number of ether oxygens (including phenoxy) is 2. The van der Waals surface area contributed by atoms with Crippen LogP contribution in [0.4, 0.5) is 0 Å². The fourth-order valence-electron chi connectivity index (χ4n) is 3.85. The normalized spacial score (nSPS) is 15.9. The number of benzene rings is 1. The lowest BCUT2D eigenvalue weighted by atomic mass is 9.73. The van der Waals surface area contributed by atoms with Crippen LogP contribution in [-0.2, 0) is 16.7 Å². The Morgan fingerprint density at radius 2 is 1.97 bits per heavy atom. The largest absolute Gasteiger partial charge is 0.496 e. The summed E-state index contributed by atoms with van der Waals surface area (Å²) in [7, 11) is 1.75. The van der Waals surface area contributed by atoms with Gasteiger partial charge >= 0.3 is 0 Å². The number of nitrogens with zero attached hydrogens (tertiary/aromatic N) is 1. The SMILES string of the molecule is CCNC(=NCc1sccc1C)NCC1(c2cc(C)ccc2OC)CCOCC1.I. The van der Waals surface area contributed by atoms with Crippen LogP contribution in [0.5, 0.6) is 5.75 Å². The lowest BCUT2D eigenvalue weighted by Gasteiger charge is -2.39. The van der Waals surface area contributed by atoms with E-state index >= 15 is 0 Å². The second-order valence-corrected chi connectivity index (χ2v) is 8.67. The van der Waals surface area contributed by atoms with Crippen molar-refractivity contribution < 1.29 is 9.47 Å². The summed E-state index contributed by atoms with van der Waals surface area (Å²) in [5.74, 6) is 1.81. The van der Waals surface area contributed by atoms with Crippen LogP contribution < -0.4 is 15.4 Å². The van der Waals surface area contributed by atoms with Crippen molar-refractivity contribution in [2.45, 2.75) is 45.6 Å². The van der Waals surface area contributed by atoms with Crippen LogP contribution in [0, 0.1) is 13.8 Å². The third-order valence-electron chi connectivity index (χ3n) is 5.66. The summed E-state index contributed by atoms with van der Waals surface area (Å²) in [4.78, 5) is 6.14. The molecule has 7 heteroatoms. The first kappa shape index (κ1) is 24.9. The van der Waals surface area contributed by atoms with Gasteiger partial charge in [0.25, 0.3) is 0 Å². The Bertz CT molecular complexity index is 832. The molecule has 1 aromatic heterocycles. The standard InChI is InChI=1S/C23H33N3O2S.HI/c1-5-24-22(25-15-21-18(3)8-13-29-21)26-16-23(9-11-28-12-10-23)19-14-17(2)6-7-20(19)27-4;/h6-8,13-14H,5,9-12,15-16H2,1-4H3,(H2,24,25,26);1H. The number of nitrogens with one attached hydrogen (secondary N) is 2. The maximum Gasteiger partial charge on any atom is 0.191 e. The topological polar surface area (TPSA) is 54.9 Å². The van der Waals surface area contributed by atoms with E-state index in [0.29, 0.717) is 6.54 Å². The van der Waals surface area contributed by atoms with E-state index in [2.05, 4.69) is 61.1 Å². The molecule has 30 heavy (non-hydrogen) atoms. The molecule has 2 N–H and O–H groups in total. The fourth-order valence-corrected chi connectivity index (χ4v) is 4.68. The van der Waals surface area contributed by atoms with Crippen LogP contribution in [0.25, 0.3) is 0 Å². The summed E-state index contributed by atoms with van der Waals surface area (Å²) in [5.41, 5.74) is 3.78. The smallest absolute Gasteiger partial charge is 0.191 e. The number of rotatable bonds is 7. The molecule has 0 aliphatic carbocycles. The fraction of sp³-hybridized carbons (Fsp3) is 0.522. The third kappa shape index (κ3) is 6.11. The van der Waals surface area contributed by atoms with Crippen LogP contribution in [0.2, 0.25) is 0 Å². The molecule has 2 aromatic rings. The zero-order valence-corrected chi connectivity index (χ0v) is 21.6. The predicted octanol–water partition coefficient (Wildman–Crippen LogP) is 4.80. The number of aliphatic imine (C=N–C) groups is 1. The molecule has 0 spiro atoms. The average Bonchev–Trinajstić information content (AvgIpc) is 3.15. The highest BCUT2D eigenvalue weighted by atomic mass is 127. The van der Waals surface area contributed by atoms with Crippen molar-refractivity contribution in [3.8, 4) is 5.75 Å². The molecule has 0 saturated carbocycles. The molecular weight excluding hydrogens is 509 g/mol. The predicted molar refractivity (Wildman–Crippen MR) is 137 cm³/mol. The van der Waals surface area contributed by atoms with Gasteiger partial charge in [-0.3, -0.25) is 0 Å². The first-order valence-electron chi connectivity index (χ1n) is 10.4. The van der Waals surface area contributed by atoms with Gasteiger partial charge in [0.05, 0.1) is 13.7 Å². The first-order valence-corrected chi connectivity index (χ1v) is 11.2. The molecule has 2 heterocycles. The minimum absolute atomic E-state index is 0. The third-order valence-corrected chi connectivity index (χ3v) is 6.67. The number of hydrogen-bond donors (Lipinski definition) is 2. The van der Waals surface area contributed by atoms with Crippen molar-refractivity contribution in [3.05, 3.63) is 51.2 Å². The lowest BCUT2D eigenvalue weighted by molar-refractivity contribution is 0.0505.